The predicted octanol–water partition coefficient (Wildman–Crippen LogP) is 3.73. The third-order valence-electron chi connectivity index (χ3n) is 4.51. The number of hydrogen-bond acceptors (Lipinski definition) is 2. The molecule has 0 aromatic carbocycles. The summed E-state index contributed by atoms with van der Waals surface area (Å²) in [6.45, 7) is 4.40. The maximum Gasteiger partial charge on any atom is 0.0650 e. The molecule has 1 heterocycles. The lowest BCUT2D eigenvalue weighted by Crippen LogP contribution is -2.16. The normalized spacial score (nSPS) is 18.3. The van der Waals surface area contributed by atoms with Gasteiger partial charge in [-0.15, -0.1) is 0 Å². The lowest BCUT2D eigenvalue weighted by Gasteiger charge is -2.15. The summed E-state index contributed by atoms with van der Waals surface area (Å²) in [5.74, 6) is 0.746. The Hall–Kier alpha value is -0.830. The van der Waals surface area contributed by atoms with Gasteiger partial charge in [0.25, 0.3) is 0 Å². The number of aliphatic hydroxyl groups excluding tert-OH is 1. The summed E-state index contributed by atoms with van der Waals surface area (Å²) >= 11 is 0. The Morgan fingerprint density at radius 2 is 2.00 bits per heavy atom. The maximum absolute atomic E-state index is 10.2. The first-order chi connectivity index (χ1) is 9.22. The van der Waals surface area contributed by atoms with E-state index < -0.39 is 0 Å². The van der Waals surface area contributed by atoms with Crippen LogP contribution in [0, 0.1) is 5.92 Å². The molecule has 19 heavy (non-hydrogen) atoms. The van der Waals surface area contributed by atoms with Crippen LogP contribution in [0.2, 0.25) is 0 Å². The number of aliphatic hydroxyl groups is 1. The van der Waals surface area contributed by atoms with Crippen molar-refractivity contribution in [1.29, 1.82) is 0 Å². The quantitative estimate of drug-likeness (QED) is 0.815. The largest absolute Gasteiger partial charge is 0.393 e. The summed E-state index contributed by atoms with van der Waals surface area (Å²) in [6.07, 6.45) is 11.1. The van der Waals surface area contributed by atoms with Gasteiger partial charge in [-0.3, -0.25) is 4.68 Å². The number of aromatic nitrogens is 2. The second kappa shape index (κ2) is 7.09. The summed E-state index contributed by atoms with van der Waals surface area (Å²) in [4.78, 5) is 0. The van der Waals surface area contributed by atoms with Crippen LogP contribution in [0.25, 0.3) is 0 Å². The van der Waals surface area contributed by atoms with Crippen molar-refractivity contribution < 1.29 is 5.11 Å². The molecule has 3 nitrogen and oxygen atoms in total. The van der Waals surface area contributed by atoms with Crippen LogP contribution in [0.1, 0.15) is 70.5 Å². The van der Waals surface area contributed by atoms with Crippen LogP contribution in [0.4, 0.5) is 0 Å². The minimum Gasteiger partial charge on any atom is -0.393 e. The molecule has 1 N–H and O–H groups in total. The van der Waals surface area contributed by atoms with E-state index in [2.05, 4.69) is 35.9 Å². The molecule has 1 aliphatic carbocycles. The number of hydrogen-bond donors (Lipinski definition) is 1. The Kier molecular flexibility index (Phi) is 5.44. The van der Waals surface area contributed by atoms with Gasteiger partial charge in [0.2, 0.25) is 0 Å². The van der Waals surface area contributed by atoms with Gasteiger partial charge in [0, 0.05) is 12.6 Å². The molecule has 0 bridgehead atoms. The van der Waals surface area contributed by atoms with Crippen LogP contribution in [0.15, 0.2) is 12.3 Å². The zero-order valence-electron chi connectivity index (χ0n) is 12.4. The highest BCUT2D eigenvalue weighted by Gasteiger charge is 2.19. The zero-order chi connectivity index (χ0) is 13.7. The van der Waals surface area contributed by atoms with Crippen LogP contribution >= 0.6 is 0 Å². The molecule has 1 aromatic rings. The van der Waals surface area contributed by atoms with E-state index in [0.29, 0.717) is 12.5 Å². The molecule has 0 amide bonds. The molecule has 1 unspecified atom stereocenters. The Balaban J connectivity index is 1.84. The fourth-order valence-corrected chi connectivity index (χ4v) is 3.31. The Labute approximate surface area is 117 Å². The molecule has 1 saturated carbocycles. The van der Waals surface area contributed by atoms with Crippen molar-refractivity contribution in [2.75, 3.05) is 0 Å². The second-order valence-electron chi connectivity index (χ2n) is 6.00. The fraction of sp³-hybridized carbons (Fsp3) is 0.812. The molecule has 1 aromatic heterocycles. The third-order valence-corrected chi connectivity index (χ3v) is 4.51. The van der Waals surface area contributed by atoms with E-state index in [1.54, 1.807) is 0 Å². The number of nitrogens with zero attached hydrogens (tertiary/aromatic N) is 2. The third kappa shape index (κ3) is 4.07. The Bertz CT molecular complexity index is 365. The van der Waals surface area contributed by atoms with Gasteiger partial charge in [-0.25, -0.2) is 0 Å². The molecule has 1 atom stereocenters. The molecule has 1 fully saturated rings. The average molecular weight is 264 g/mol. The van der Waals surface area contributed by atoms with Crippen molar-refractivity contribution in [1.82, 2.24) is 9.78 Å². The van der Waals surface area contributed by atoms with Crippen molar-refractivity contribution in [2.45, 2.75) is 77.4 Å². The molecule has 1 aliphatic rings. The first-order valence-electron chi connectivity index (χ1n) is 7.95. The van der Waals surface area contributed by atoms with Gasteiger partial charge in [0.1, 0.15) is 0 Å². The van der Waals surface area contributed by atoms with Crippen molar-refractivity contribution in [3.8, 4) is 0 Å². The SMILES string of the molecule is CCC(CC)n1ccc(CC(O)CC2CCCC2)n1. The van der Waals surface area contributed by atoms with Crippen molar-refractivity contribution in [2.24, 2.45) is 5.92 Å². The van der Waals surface area contributed by atoms with E-state index >= 15 is 0 Å². The van der Waals surface area contributed by atoms with Crippen molar-refractivity contribution in [3.05, 3.63) is 18.0 Å². The second-order valence-corrected chi connectivity index (χ2v) is 6.00. The monoisotopic (exact) mass is 264 g/mol. The average Bonchev–Trinajstić information content (AvgIpc) is 3.03. The van der Waals surface area contributed by atoms with Crippen LogP contribution in [0.5, 0.6) is 0 Å². The van der Waals surface area contributed by atoms with Gasteiger partial charge in [0.15, 0.2) is 0 Å². The highest BCUT2D eigenvalue weighted by Crippen LogP contribution is 2.29. The standard InChI is InChI=1S/C16H28N2O/c1-3-15(4-2)18-10-9-14(17-18)12-16(19)11-13-7-5-6-8-13/h9-10,13,15-16,19H,3-8,11-12H2,1-2H3. The first kappa shape index (κ1) is 14.6. The van der Waals surface area contributed by atoms with E-state index in [0.717, 1.165) is 30.9 Å². The van der Waals surface area contributed by atoms with Gasteiger partial charge in [-0.2, -0.15) is 5.10 Å². The fourth-order valence-electron chi connectivity index (χ4n) is 3.31. The van der Waals surface area contributed by atoms with Gasteiger partial charge < -0.3 is 5.11 Å². The van der Waals surface area contributed by atoms with Crippen LogP contribution in [-0.4, -0.2) is 21.0 Å². The van der Waals surface area contributed by atoms with E-state index in [-0.39, 0.29) is 6.10 Å². The number of rotatable bonds is 7. The molecule has 0 spiro atoms. The summed E-state index contributed by atoms with van der Waals surface area (Å²) in [7, 11) is 0. The lowest BCUT2D eigenvalue weighted by molar-refractivity contribution is 0.142. The molecular weight excluding hydrogens is 236 g/mol. The Morgan fingerprint density at radius 1 is 1.32 bits per heavy atom. The Morgan fingerprint density at radius 3 is 2.63 bits per heavy atom. The minimum atomic E-state index is -0.215. The maximum atomic E-state index is 10.2. The van der Waals surface area contributed by atoms with E-state index in [1.807, 2.05) is 0 Å². The van der Waals surface area contributed by atoms with E-state index in [9.17, 15) is 5.11 Å². The van der Waals surface area contributed by atoms with Crippen molar-refractivity contribution in [3.63, 3.8) is 0 Å². The van der Waals surface area contributed by atoms with Gasteiger partial charge >= 0.3 is 0 Å². The van der Waals surface area contributed by atoms with Crippen LogP contribution < -0.4 is 0 Å². The van der Waals surface area contributed by atoms with Gasteiger partial charge in [-0.05, 0) is 31.2 Å². The van der Waals surface area contributed by atoms with Crippen molar-refractivity contribution >= 4 is 0 Å². The summed E-state index contributed by atoms with van der Waals surface area (Å²) in [5.41, 5.74) is 1.04. The van der Waals surface area contributed by atoms with E-state index in [4.69, 9.17) is 0 Å². The zero-order valence-corrected chi connectivity index (χ0v) is 12.4. The molecule has 2 rings (SSSR count). The smallest absolute Gasteiger partial charge is 0.0650 e. The van der Waals surface area contributed by atoms with Crippen LogP contribution in [0.3, 0.4) is 0 Å². The molecular formula is C16H28N2O. The van der Waals surface area contributed by atoms with E-state index in [1.165, 1.54) is 25.7 Å². The minimum absolute atomic E-state index is 0.215. The van der Waals surface area contributed by atoms with Gasteiger partial charge in [-0.1, -0.05) is 39.5 Å². The molecule has 0 saturated heterocycles. The molecule has 108 valence electrons. The highest BCUT2D eigenvalue weighted by molar-refractivity contribution is 5.01. The summed E-state index contributed by atoms with van der Waals surface area (Å²) in [5, 5.41) is 14.8. The molecule has 0 radical (unpaired) electrons. The molecule has 3 heteroatoms. The first-order valence-corrected chi connectivity index (χ1v) is 7.95. The molecule has 0 aliphatic heterocycles. The van der Waals surface area contributed by atoms with Gasteiger partial charge in [0.05, 0.1) is 17.8 Å². The topological polar surface area (TPSA) is 38.0 Å². The highest BCUT2D eigenvalue weighted by atomic mass is 16.3. The summed E-state index contributed by atoms with van der Waals surface area (Å²) < 4.78 is 2.07. The lowest BCUT2D eigenvalue weighted by atomic mass is 9.98. The van der Waals surface area contributed by atoms with Crippen LogP contribution in [-0.2, 0) is 6.42 Å². The summed E-state index contributed by atoms with van der Waals surface area (Å²) in [6, 6.07) is 2.57. The predicted molar refractivity (Wildman–Crippen MR) is 78.1 cm³/mol.